The minimum atomic E-state index is -0.765. The van der Waals surface area contributed by atoms with E-state index in [2.05, 4.69) is 6.92 Å². The second-order valence-electron chi connectivity index (χ2n) is 3.83. The molecule has 0 radical (unpaired) electrons. The molecule has 0 rings (SSSR count). The number of rotatable bonds is 8. The summed E-state index contributed by atoms with van der Waals surface area (Å²) < 4.78 is 18.3. The van der Waals surface area contributed by atoms with E-state index in [1.807, 2.05) is 13.8 Å². The molecule has 0 saturated heterocycles. The van der Waals surface area contributed by atoms with Crippen LogP contribution in [-0.2, 0) is 4.74 Å². The Balaban J connectivity index is 3.15. The molecule has 0 saturated carbocycles. The van der Waals surface area contributed by atoms with Crippen LogP contribution in [0.3, 0.4) is 0 Å². The van der Waals surface area contributed by atoms with Crippen molar-refractivity contribution in [1.82, 2.24) is 0 Å². The van der Waals surface area contributed by atoms with Gasteiger partial charge in [0.15, 0.2) is 0 Å². The fraction of sp³-hybridized carbons (Fsp3) is 1.00. The minimum Gasteiger partial charge on any atom is -0.376 e. The van der Waals surface area contributed by atoms with Crippen molar-refractivity contribution in [3.63, 3.8) is 0 Å². The van der Waals surface area contributed by atoms with Crippen LogP contribution < -0.4 is 0 Å². The molecule has 80 valence electrons. The predicted molar refractivity (Wildman–Crippen MR) is 54.7 cm³/mol. The van der Waals surface area contributed by atoms with Crippen LogP contribution in [0.25, 0.3) is 0 Å². The van der Waals surface area contributed by atoms with Crippen molar-refractivity contribution >= 4 is 0 Å². The molecular weight excluding hydrogens is 167 g/mol. The summed E-state index contributed by atoms with van der Waals surface area (Å²) in [6, 6.07) is 0. The zero-order valence-corrected chi connectivity index (χ0v) is 9.18. The standard InChI is InChI=1S/C11H23FO/c1-4-5-6-7-8-11(12)9-13-10(2)3/h10-11H,4-9H2,1-3H3. The second kappa shape index (κ2) is 8.49. The Bertz CT molecular complexity index is 104. The molecule has 0 amide bonds. The Morgan fingerprint density at radius 1 is 1.15 bits per heavy atom. The van der Waals surface area contributed by atoms with Crippen LogP contribution in [0.4, 0.5) is 4.39 Å². The van der Waals surface area contributed by atoms with Gasteiger partial charge in [-0.15, -0.1) is 0 Å². The molecule has 0 aliphatic rings. The minimum absolute atomic E-state index is 0.147. The molecule has 0 N–H and O–H groups in total. The molecule has 0 aliphatic carbocycles. The van der Waals surface area contributed by atoms with Crippen LogP contribution in [0.5, 0.6) is 0 Å². The SMILES string of the molecule is CCCCCCC(F)COC(C)C. The Labute approximate surface area is 81.7 Å². The third-order valence-corrected chi connectivity index (χ3v) is 1.98. The highest BCUT2D eigenvalue weighted by molar-refractivity contribution is 4.55. The van der Waals surface area contributed by atoms with E-state index in [9.17, 15) is 4.39 Å². The van der Waals surface area contributed by atoms with Gasteiger partial charge < -0.3 is 4.74 Å². The highest BCUT2D eigenvalue weighted by atomic mass is 19.1. The van der Waals surface area contributed by atoms with E-state index in [1.165, 1.54) is 12.8 Å². The molecule has 2 heteroatoms. The van der Waals surface area contributed by atoms with Crippen molar-refractivity contribution < 1.29 is 9.13 Å². The Morgan fingerprint density at radius 2 is 1.85 bits per heavy atom. The first kappa shape index (κ1) is 12.9. The first-order valence-electron chi connectivity index (χ1n) is 5.42. The summed E-state index contributed by atoms with van der Waals surface area (Å²) in [5.41, 5.74) is 0. The molecule has 1 atom stereocenters. The average molecular weight is 190 g/mol. The van der Waals surface area contributed by atoms with E-state index >= 15 is 0 Å². The van der Waals surface area contributed by atoms with Gasteiger partial charge in [0.2, 0.25) is 0 Å². The molecule has 0 aromatic carbocycles. The summed E-state index contributed by atoms with van der Waals surface area (Å²) in [4.78, 5) is 0. The quantitative estimate of drug-likeness (QED) is 0.530. The smallest absolute Gasteiger partial charge is 0.123 e. The summed E-state index contributed by atoms with van der Waals surface area (Å²) in [7, 11) is 0. The van der Waals surface area contributed by atoms with E-state index in [4.69, 9.17) is 4.74 Å². The van der Waals surface area contributed by atoms with Gasteiger partial charge in [-0.1, -0.05) is 32.6 Å². The fourth-order valence-corrected chi connectivity index (χ4v) is 1.17. The lowest BCUT2D eigenvalue weighted by molar-refractivity contribution is 0.0352. The lowest BCUT2D eigenvalue weighted by Crippen LogP contribution is -2.14. The topological polar surface area (TPSA) is 9.23 Å². The molecule has 0 heterocycles. The largest absolute Gasteiger partial charge is 0.376 e. The van der Waals surface area contributed by atoms with Crippen LogP contribution in [0.1, 0.15) is 52.9 Å². The maximum Gasteiger partial charge on any atom is 0.123 e. The Kier molecular flexibility index (Phi) is 8.41. The summed E-state index contributed by atoms with van der Waals surface area (Å²) >= 11 is 0. The van der Waals surface area contributed by atoms with Gasteiger partial charge in [0, 0.05) is 0 Å². The highest BCUT2D eigenvalue weighted by Crippen LogP contribution is 2.09. The third kappa shape index (κ3) is 9.81. The molecule has 0 bridgehead atoms. The van der Waals surface area contributed by atoms with Gasteiger partial charge >= 0.3 is 0 Å². The number of alkyl halides is 1. The third-order valence-electron chi connectivity index (χ3n) is 1.98. The molecule has 0 aromatic rings. The van der Waals surface area contributed by atoms with E-state index in [1.54, 1.807) is 0 Å². The van der Waals surface area contributed by atoms with E-state index < -0.39 is 6.17 Å². The van der Waals surface area contributed by atoms with Crippen LogP contribution in [0.15, 0.2) is 0 Å². The van der Waals surface area contributed by atoms with Crippen molar-refractivity contribution in [2.24, 2.45) is 0 Å². The van der Waals surface area contributed by atoms with Crippen LogP contribution in [0, 0.1) is 0 Å². The summed E-state index contributed by atoms with van der Waals surface area (Å²) in [6.07, 6.45) is 4.62. The maximum atomic E-state index is 13.1. The number of hydrogen-bond donors (Lipinski definition) is 0. The number of ether oxygens (including phenoxy) is 1. The summed E-state index contributed by atoms with van der Waals surface area (Å²) in [6.45, 7) is 6.30. The van der Waals surface area contributed by atoms with Crippen LogP contribution >= 0.6 is 0 Å². The van der Waals surface area contributed by atoms with Gasteiger partial charge in [0.05, 0.1) is 12.7 Å². The molecule has 13 heavy (non-hydrogen) atoms. The molecule has 1 nitrogen and oxygen atoms in total. The van der Waals surface area contributed by atoms with Gasteiger partial charge in [0.1, 0.15) is 6.17 Å². The normalized spacial score (nSPS) is 13.6. The van der Waals surface area contributed by atoms with Crippen molar-refractivity contribution in [3.8, 4) is 0 Å². The lowest BCUT2D eigenvalue weighted by atomic mass is 10.1. The monoisotopic (exact) mass is 190 g/mol. The van der Waals surface area contributed by atoms with Crippen LogP contribution in [0.2, 0.25) is 0 Å². The van der Waals surface area contributed by atoms with Gasteiger partial charge in [-0.2, -0.15) is 0 Å². The molecule has 1 unspecified atom stereocenters. The van der Waals surface area contributed by atoms with Gasteiger partial charge in [-0.05, 0) is 20.3 Å². The first-order valence-corrected chi connectivity index (χ1v) is 5.42. The first-order chi connectivity index (χ1) is 6.16. The number of halogens is 1. The van der Waals surface area contributed by atoms with Crippen LogP contribution in [-0.4, -0.2) is 18.9 Å². The van der Waals surface area contributed by atoms with E-state index in [0.717, 1.165) is 12.8 Å². The number of hydrogen-bond acceptors (Lipinski definition) is 1. The molecule has 0 fully saturated rings. The van der Waals surface area contributed by atoms with Crippen molar-refractivity contribution in [2.45, 2.75) is 65.2 Å². The van der Waals surface area contributed by atoms with Gasteiger partial charge in [0.25, 0.3) is 0 Å². The predicted octanol–water partition coefficient (Wildman–Crippen LogP) is 3.72. The lowest BCUT2D eigenvalue weighted by Gasteiger charge is -2.11. The van der Waals surface area contributed by atoms with Gasteiger partial charge in [-0.3, -0.25) is 0 Å². The fourth-order valence-electron chi connectivity index (χ4n) is 1.17. The maximum absolute atomic E-state index is 13.1. The Hall–Kier alpha value is -0.110. The number of unbranched alkanes of at least 4 members (excludes halogenated alkanes) is 3. The zero-order valence-electron chi connectivity index (χ0n) is 9.18. The van der Waals surface area contributed by atoms with Crippen molar-refractivity contribution in [1.29, 1.82) is 0 Å². The van der Waals surface area contributed by atoms with Crippen molar-refractivity contribution in [3.05, 3.63) is 0 Å². The van der Waals surface area contributed by atoms with Gasteiger partial charge in [-0.25, -0.2) is 4.39 Å². The average Bonchev–Trinajstić information content (AvgIpc) is 2.09. The molecule has 0 spiro atoms. The van der Waals surface area contributed by atoms with E-state index in [0.29, 0.717) is 6.42 Å². The Morgan fingerprint density at radius 3 is 2.38 bits per heavy atom. The summed E-state index contributed by atoms with van der Waals surface area (Å²) in [5.74, 6) is 0. The zero-order chi connectivity index (χ0) is 10.1. The highest BCUT2D eigenvalue weighted by Gasteiger charge is 2.06. The van der Waals surface area contributed by atoms with Crippen molar-refractivity contribution in [2.75, 3.05) is 6.61 Å². The van der Waals surface area contributed by atoms with E-state index in [-0.39, 0.29) is 12.7 Å². The summed E-state index contributed by atoms with van der Waals surface area (Å²) in [5, 5.41) is 0. The molecule has 0 aliphatic heterocycles. The second-order valence-corrected chi connectivity index (χ2v) is 3.83. The molecule has 0 aromatic heterocycles. The molecular formula is C11H23FO.